The van der Waals surface area contributed by atoms with E-state index in [0.717, 1.165) is 16.7 Å². The van der Waals surface area contributed by atoms with Crippen LogP contribution in [-0.2, 0) is 17.8 Å². The molecule has 3 N–H and O–H groups in total. The van der Waals surface area contributed by atoms with Gasteiger partial charge in [0.1, 0.15) is 17.1 Å². The van der Waals surface area contributed by atoms with Gasteiger partial charge in [-0.2, -0.15) is 0 Å². The molecule has 6 rings (SSSR count). The van der Waals surface area contributed by atoms with Crippen molar-refractivity contribution in [1.82, 2.24) is 9.13 Å². The van der Waals surface area contributed by atoms with Gasteiger partial charge in [0, 0.05) is 65.6 Å². The predicted molar refractivity (Wildman–Crippen MR) is 224 cm³/mol. The van der Waals surface area contributed by atoms with Crippen LogP contribution in [0.15, 0.2) is 131 Å². The van der Waals surface area contributed by atoms with E-state index < -0.39 is 21.5 Å². The molecule has 59 heavy (non-hydrogen) atoms. The average molecular weight is 803 g/mol. The van der Waals surface area contributed by atoms with Crippen molar-refractivity contribution in [1.29, 1.82) is 0 Å². The third kappa shape index (κ3) is 11.4. The quantitative estimate of drug-likeness (QED) is 0.0949. The van der Waals surface area contributed by atoms with Crippen molar-refractivity contribution < 1.29 is 28.9 Å². The number of non-ortho nitro benzene ring substituents is 2. The number of aromatic nitrogens is 2. The number of ether oxygens (including phenoxy) is 3. The fraction of sp³-hybridized carbons (Fsp3) is 0.186. The van der Waals surface area contributed by atoms with E-state index in [-0.39, 0.29) is 29.0 Å². The molecule has 0 spiro atoms. The SMILES string of the molecule is COc1ccc(Cn2ccc(N)cc2=O)cc1-c1cccc([N+](=O)[O-])c1.COc1ccc(Cn2ccc(NC(=O)OC(C)(C)C)cc2=O)cc1-c1cccc([N+](=O)[O-])c1. The number of pyridine rings is 2. The highest BCUT2D eigenvalue weighted by atomic mass is 16.6. The van der Waals surface area contributed by atoms with Gasteiger partial charge in [-0.05, 0) is 79.4 Å². The van der Waals surface area contributed by atoms with Crippen LogP contribution in [0.5, 0.6) is 11.5 Å². The number of rotatable bonds is 11. The van der Waals surface area contributed by atoms with Crippen LogP contribution in [0.4, 0.5) is 27.5 Å². The second kappa shape index (κ2) is 18.5. The van der Waals surface area contributed by atoms with Crippen LogP contribution in [0, 0.1) is 20.2 Å². The van der Waals surface area contributed by atoms with Crippen LogP contribution < -0.4 is 31.6 Å². The van der Waals surface area contributed by atoms with E-state index in [9.17, 15) is 34.6 Å². The summed E-state index contributed by atoms with van der Waals surface area (Å²) in [6.07, 6.45) is 2.57. The van der Waals surface area contributed by atoms with Crippen molar-refractivity contribution in [3.8, 4) is 33.8 Å². The highest BCUT2D eigenvalue weighted by Crippen LogP contribution is 2.34. The Morgan fingerprint density at radius 1 is 0.678 bits per heavy atom. The van der Waals surface area contributed by atoms with Crippen molar-refractivity contribution >= 4 is 28.8 Å². The molecule has 0 bridgehead atoms. The van der Waals surface area contributed by atoms with Gasteiger partial charge in [0.05, 0.1) is 42.8 Å². The fourth-order valence-corrected chi connectivity index (χ4v) is 5.92. The first-order valence-corrected chi connectivity index (χ1v) is 18.0. The minimum atomic E-state index is -0.648. The normalized spacial score (nSPS) is 10.8. The Morgan fingerprint density at radius 3 is 1.58 bits per heavy atom. The van der Waals surface area contributed by atoms with Crippen LogP contribution in [0.1, 0.15) is 31.9 Å². The topological polar surface area (TPSA) is 213 Å². The number of nitrogens with one attached hydrogen (secondary N) is 1. The smallest absolute Gasteiger partial charge is 0.412 e. The molecule has 1 amide bonds. The molecule has 16 nitrogen and oxygen atoms in total. The minimum Gasteiger partial charge on any atom is -0.496 e. The third-order valence-corrected chi connectivity index (χ3v) is 8.63. The first-order valence-electron chi connectivity index (χ1n) is 18.0. The maximum absolute atomic E-state index is 12.6. The van der Waals surface area contributed by atoms with Crippen LogP contribution in [0.3, 0.4) is 0 Å². The molecule has 0 saturated heterocycles. The minimum absolute atomic E-state index is 0.00436. The van der Waals surface area contributed by atoms with Gasteiger partial charge >= 0.3 is 6.09 Å². The second-order valence-electron chi connectivity index (χ2n) is 14.1. The van der Waals surface area contributed by atoms with Gasteiger partial charge in [0.15, 0.2) is 0 Å². The van der Waals surface area contributed by atoms with Gasteiger partial charge in [-0.15, -0.1) is 0 Å². The molecule has 0 atom stereocenters. The summed E-state index contributed by atoms with van der Waals surface area (Å²) in [6.45, 7) is 5.87. The van der Waals surface area contributed by atoms with Gasteiger partial charge < -0.3 is 29.1 Å². The molecule has 0 aliphatic rings. The van der Waals surface area contributed by atoms with E-state index in [1.807, 2.05) is 24.3 Å². The lowest BCUT2D eigenvalue weighted by Gasteiger charge is -2.19. The first-order chi connectivity index (χ1) is 28.0. The number of nitro benzene ring substituents is 2. The number of anilines is 2. The molecule has 0 fully saturated rings. The number of methoxy groups -OCH3 is 2. The summed E-state index contributed by atoms with van der Waals surface area (Å²) in [5, 5.41) is 24.7. The third-order valence-electron chi connectivity index (χ3n) is 8.63. The zero-order valence-corrected chi connectivity index (χ0v) is 32.9. The van der Waals surface area contributed by atoms with Crippen molar-refractivity contribution in [2.45, 2.75) is 39.5 Å². The molecule has 304 valence electrons. The second-order valence-corrected chi connectivity index (χ2v) is 14.1. The summed E-state index contributed by atoms with van der Waals surface area (Å²) in [6, 6.07) is 29.5. The number of hydrogen-bond donors (Lipinski definition) is 2. The summed E-state index contributed by atoms with van der Waals surface area (Å²) < 4.78 is 19.0. The van der Waals surface area contributed by atoms with Crippen molar-refractivity contribution in [2.75, 3.05) is 25.3 Å². The van der Waals surface area contributed by atoms with E-state index in [1.165, 1.54) is 52.6 Å². The average Bonchev–Trinajstić information content (AvgIpc) is 3.19. The lowest BCUT2D eigenvalue weighted by atomic mass is 10.0. The standard InChI is InChI=1S/C24H25N3O6.C19H17N3O4/c1-24(2,3)33-23(29)25-18-10-11-26(22(28)14-18)15-16-8-9-21(32-4)20(12-16)17-6-5-7-19(13-17)27(30)31;1-26-18-6-5-13(12-21-8-7-15(20)11-19(21)23)9-17(18)14-3-2-4-16(10-14)22(24)25/h5-14H,15H2,1-4H3,(H,25,29);2-11H,12,20H2,1H3. The summed E-state index contributed by atoms with van der Waals surface area (Å²) in [7, 11) is 3.07. The summed E-state index contributed by atoms with van der Waals surface area (Å²) in [4.78, 5) is 57.8. The maximum atomic E-state index is 12.6. The van der Waals surface area contributed by atoms with E-state index in [0.29, 0.717) is 46.1 Å². The largest absolute Gasteiger partial charge is 0.496 e. The number of nitrogens with two attached hydrogens (primary N) is 1. The zero-order chi connectivity index (χ0) is 42.9. The van der Waals surface area contributed by atoms with E-state index in [2.05, 4.69) is 5.32 Å². The Hall–Kier alpha value is -7.75. The van der Waals surface area contributed by atoms with Gasteiger partial charge in [0.25, 0.3) is 22.5 Å². The lowest BCUT2D eigenvalue weighted by Crippen LogP contribution is -2.28. The predicted octanol–water partition coefficient (Wildman–Crippen LogP) is 7.89. The molecular weight excluding hydrogens is 761 g/mol. The number of benzene rings is 4. The van der Waals surface area contributed by atoms with Crippen molar-refractivity contribution in [2.24, 2.45) is 0 Å². The Labute approximate surface area is 338 Å². The first kappa shape index (κ1) is 42.4. The van der Waals surface area contributed by atoms with E-state index >= 15 is 0 Å². The fourth-order valence-electron chi connectivity index (χ4n) is 5.92. The van der Waals surface area contributed by atoms with E-state index in [4.69, 9.17) is 19.9 Å². The highest BCUT2D eigenvalue weighted by Gasteiger charge is 2.17. The van der Waals surface area contributed by atoms with Crippen LogP contribution >= 0.6 is 0 Å². The van der Waals surface area contributed by atoms with Crippen LogP contribution in [0.25, 0.3) is 22.3 Å². The monoisotopic (exact) mass is 802 g/mol. The molecule has 2 heterocycles. The molecule has 2 aromatic heterocycles. The molecule has 16 heteroatoms. The van der Waals surface area contributed by atoms with E-state index in [1.54, 1.807) is 88.8 Å². The number of nitrogens with zero attached hydrogens (tertiary/aromatic N) is 4. The Bertz CT molecular complexity index is 2630. The molecular formula is C43H42N6O10. The van der Waals surface area contributed by atoms with Gasteiger partial charge in [-0.1, -0.05) is 36.4 Å². The molecule has 4 aromatic carbocycles. The maximum Gasteiger partial charge on any atom is 0.412 e. The summed E-state index contributed by atoms with van der Waals surface area (Å²) >= 11 is 0. The number of nitro groups is 2. The number of hydrogen-bond acceptors (Lipinski definition) is 11. The molecule has 0 aliphatic carbocycles. The van der Waals surface area contributed by atoms with Gasteiger partial charge in [-0.3, -0.25) is 35.1 Å². The Morgan fingerprint density at radius 2 is 1.15 bits per heavy atom. The van der Waals surface area contributed by atoms with Crippen molar-refractivity contribution in [3.63, 3.8) is 0 Å². The summed E-state index contributed by atoms with van der Waals surface area (Å²) in [5.41, 5.74) is 9.54. The van der Waals surface area contributed by atoms with Gasteiger partial charge in [0.2, 0.25) is 0 Å². The number of amides is 1. The zero-order valence-electron chi connectivity index (χ0n) is 32.9. The molecule has 0 saturated carbocycles. The number of nitrogen functional groups attached to an aromatic ring is 1. The van der Waals surface area contributed by atoms with Crippen LogP contribution in [-0.4, -0.2) is 44.9 Å². The molecule has 6 aromatic rings. The summed E-state index contributed by atoms with van der Waals surface area (Å²) in [5.74, 6) is 1.16. The molecule has 0 radical (unpaired) electrons. The van der Waals surface area contributed by atoms with Crippen molar-refractivity contribution in [3.05, 3.63) is 174 Å². The lowest BCUT2D eigenvalue weighted by molar-refractivity contribution is -0.385. The number of carbonyl (C=O) groups excluding carboxylic acids is 1. The van der Waals surface area contributed by atoms with Crippen LogP contribution in [0.2, 0.25) is 0 Å². The Balaban J connectivity index is 0.000000230. The van der Waals surface area contributed by atoms with Gasteiger partial charge in [-0.25, -0.2) is 4.79 Å². The Kier molecular flexibility index (Phi) is 13.3. The highest BCUT2D eigenvalue weighted by molar-refractivity contribution is 5.84. The number of carbonyl (C=O) groups is 1. The molecule has 0 unspecified atom stereocenters. The molecule has 0 aliphatic heterocycles.